The van der Waals surface area contributed by atoms with E-state index < -0.39 is 0 Å². The topological polar surface area (TPSA) is 66.0 Å². The summed E-state index contributed by atoms with van der Waals surface area (Å²) in [5.74, 6) is 0.0469. The molecule has 0 saturated heterocycles. The Balaban J connectivity index is -0.000000397. The van der Waals surface area contributed by atoms with Gasteiger partial charge >= 0.3 is 0 Å². The Bertz CT molecular complexity index is 229. The fourth-order valence-electron chi connectivity index (χ4n) is 1.40. The van der Waals surface area contributed by atoms with Gasteiger partial charge in [0, 0.05) is 19.6 Å². The van der Waals surface area contributed by atoms with Gasteiger partial charge in [-0.25, -0.2) is 0 Å². The van der Waals surface area contributed by atoms with Crippen LogP contribution in [0.1, 0.15) is 74.7 Å². The summed E-state index contributed by atoms with van der Waals surface area (Å²) in [6.45, 7) is 21.3. The minimum absolute atomic E-state index is 0.0469. The van der Waals surface area contributed by atoms with Crippen LogP contribution in [0.3, 0.4) is 0 Å². The van der Waals surface area contributed by atoms with E-state index in [0.717, 1.165) is 19.4 Å². The van der Waals surface area contributed by atoms with Crippen molar-refractivity contribution in [3.8, 4) is 0 Å². The lowest BCUT2D eigenvalue weighted by molar-refractivity contribution is -0.121. The molecule has 0 spiro atoms. The van der Waals surface area contributed by atoms with Gasteiger partial charge in [0.15, 0.2) is 0 Å². The van der Waals surface area contributed by atoms with Gasteiger partial charge in [-0.05, 0) is 6.42 Å². The lowest BCUT2D eigenvalue weighted by atomic mass is 10.4. The zero-order valence-electron chi connectivity index (χ0n) is 19.5. The largest absolute Gasteiger partial charge is 0.379 e. The van der Waals surface area contributed by atoms with Crippen LogP contribution in [0.2, 0.25) is 0 Å². The Kier molecular flexibility index (Phi) is 50.3. The highest BCUT2D eigenvalue weighted by Crippen LogP contribution is 1.88. The molecule has 0 aromatic rings. The third-order valence-corrected chi connectivity index (χ3v) is 2.65. The maximum Gasteiger partial charge on any atom is 0.219 e. The monoisotopic (exact) mass is 395 g/mol. The van der Waals surface area contributed by atoms with Crippen LogP contribution in [0.15, 0.2) is 0 Å². The molecule has 0 bridgehead atoms. The van der Waals surface area contributed by atoms with Gasteiger partial charge in [0.1, 0.15) is 0 Å². The molecule has 0 aromatic carbocycles. The summed E-state index contributed by atoms with van der Waals surface area (Å²) in [5.41, 5.74) is 0. The van der Waals surface area contributed by atoms with E-state index in [1.165, 1.54) is 0 Å². The number of amides is 1. The molecular formula is C21H49NO5. The first-order chi connectivity index (χ1) is 13.3. The lowest BCUT2D eigenvalue weighted by Gasteiger charge is -2.07. The van der Waals surface area contributed by atoms with Gasteiger partial charge in [-0.15, -0.1) is 0 Å². The fourth-order valence-corrected chi connectivity index (χ4v) is 1.40. The number of carbonyl (C=O) groups excluding carboxylic acids is 1. The third-order valence-electron chi connectivity index (χ3n) is 2.65. The molecule has 0 fully saturated rings. The normalized spacial score (nSPS) is 9.04. The average Bonchev–Trinajstić information content (AvgIpc) is 2.75. The molecular weight excluding hydrogens is 346 g/mol. The van der Waals surface area contributed by atoms with Gasteiger partial charge in [-0.2, -0.15) is 0 Å². The first-order valence-electron chi connectivity index (χ1n) is 10.9. The van der Waals surface area contributed by atoms with E-state index in [4.69, 9.17) is 18.9 Å². The summed E-state index contributed by atoms with van der Waals surface area (Å²) >= 11 is 0. The number of rotatable bonds is 16. The molecule has 0 rings (SSSR count). The van der Waals surface area contributed by atoms with Gasteiger partial charge in [0.05, 0.1) is 46.2 Å². The van der Waals surface area contributed by atoms with Crippen molar-refractivity contribution in [2.24, 2.45) is 0 Å². The van der Waals surface area contributed by atoms with Crippen LogP contribution in [-0.4, -0.2) is 65.3 Å². The molecule has 0 aliphatic heterocycles. The van der Waals surface area contributed by atoms with E-state index in [-0.39, 0.29) is 5.91 Å². The molecule has 0 heterocycles. The van der Waals surface area contributed by atoms with Crippen molar-refractivity contribution in [3.63, 3.8) is 0 Å². The number of hydrogen-bond acceptors (Lipinski definition) is 5. The molecule has 6 nitrogen and oxygen atoms in total. The van der Waals surface area contributed by atoms with Gasteiger partial charge in [0.25, 0.3) is 0 Å². The SMILES string of the molecule is CC.CC.CC.CCCCOCCOCCOCCOCCNC(=O)CC. The Morgan fingerprint density at radius 1 is 0.630 bits per heavy atom. The number of ether oxygens (including phenoxy) is 4. The van der Waals surface area contributed by atoms with Crippen LogP contribution in [0.5, 0.6) is 0 Å². The van der Waals surface area contributed by atoms with E-state index in [1.54, 1.807) is 0 Å². The standard InChI is InChI=1S/C15H31NO5.3C2H6/c1-3-5-7-18-9-11-20-13-14-21-12-10-19-8-6-16-15(17)4-2;3*1-2/h3-14H2,1-2H3,(H,16,17);3*1-2H3. The Labute approximate surface area is 169 Å². The number of carbonyl (C=O) groups is 1. The van der Waals surface area contributed by atoms with Crippen molar-refractivity contribution in [2.45, 2.75) is 74.7 Å². The maximum absolute atomic E-state index is 10.9. The highest BCUT2D eigenvalue weighted by atomic mass is 16.6. The number of nitrogens with one attached hydrogen (secondary N) is 1. The summed E-state index contributed by atoms with van der Waals surface area (Å²) in [6, 6.07) is 0. The highest BCUT2D eigenvalue weighted by Gasteiger charge is 1.95. The van der Waals surface area contributed by atoms with Gasteiger partial charge in [0.2, 0.25) is 5.91 Å². The average molecular weight is 396 g/mol. The van der Waals surface area contributed by atoms with Crippen molar-refractivity contribution >= 4 is 5.91 Å². The molecule has 1 N–H and O–H groups in total. The molecule has 0 atom stereocenters. The summed E-state index contributed by atoms with van der Waals surface area (Å²) in [6.07, 6.45) is 2.76. The molecule has 0 aromatic heterocycles. The van der Waals surface area contributed by atoms with Crippen LogP contribution in [0.4, 0.5) is 0 Å². The number of unbranched alkanes of at least 4 members (excludes halogenated alkanes) is 1. The molecule has 27 heavy (non-hydrogen) atoms. The second kappa shape index (κ2) is 40.1. The Morgan fingerprint density at radius 3 is 1.37 bits per heavy atom. The summed E-state index contributed by atoms with van der Waals surface area (Å²) in [5, 5.41) is 2.74. The Hall–Kier alpha value is -0.690. The van der Waals surface area contributed by atoms with E-state index in [2.05, 4.69) is 12.2 Å². The molecule has 168 valence electrons. The van der Waals surface area contributed by atoms with E-state index in [1.807, 2.05) is 48.5 Å². The maximum atomic E-state index is 10.9. The van der Waals surface area contributed by atoms with Crippen molar-refractivity contribution in [1.29, 1.82) is 0 Å². The molecule has 0 saturated carbocycles. The van der Waals surface area contributed by atoms with E-state index >= 15 is 0 Å². The van der Waals surface area contributed by atoms with E-state index in [0.29, 0.717) is 59.2 Å². The number of hydrogen-bond donors (Lipinski definition) is 1. The van der Waals surface area contributed by atoms with Crippen molar-refractivity contribution in [2.75, 3.05) is 59.4 Å². The lowest BCUT2D eigenvalue weighted by Crippen LogP contribution is -2.26. The van der Waals surface area contributed by atoms with Crippen LogP contribution < -0.4 is 5.32 Å². The molecule has 0 unspecified atom stereocenters. The predicted molar refractivity (Wildman–Crippen MR) is 116 cm³/mol. The van der Waals surface area contributed by atoms with Gasteiger partial charge in [-0.3, -0.25) is 4.79 Å². The quantitative estimate of drug-likeness (QED) is 0.391. The predicted octanol–water partition coefficient (Wildman–Crippen LogP) is 4.46. The van der Waals surface area contributed by atoms with Crippen molar-refractivity contribution in [1.82, 2.24) is 5.32 Å². The van der Waals surface area contributed by atoms with Gasteiger partial charge in [-0.1, -0.05) is 61.8 Å². The smallest absolute Gasteiger partial charge is 0.219 e. The van der Waals surface area contributed by atoms with Crippen molar-refractivity contribution < 1.29 is 23.7 Å². The first kappa shape index (κ1) is 33.9. The highest BCUT2D eigenvalue weighted by molar-refractivity contribution is 5.75. The summed E-state index contributed by atoms with van der Waals surface area (Å²) in [4.78, 5) is 10.9. The summed E-state index contributed by atoms with van der Waals surface area (Å²) < 4.78 is 21.4. The zero-order valence-corrected chi connectivity index (χ0v) is 19.5. The molecule has 1 amide bonds. The minimum atomic E-state index is 0.0469. The van der Waals surface area contributed by atoms with Crippen LogP contribution in [0, 0.1) is 0 Å². The van der Waals surface area contributed by atoms with Crippen LogP contribution in [-0.2, 0) is 23.7 Å². The fraction of sp³-hybridized carbons (Fsp3) is 0.952. The first-order valence-corrected chi connectivity index (χ1v) is 10.9. The molecule has 0 radical (unpaired) electrons. The third kappa shape index (κ3) is 41.0. The van der Waals surface area contributed by atoms with Gasteiger partial charge < -0.3 is 24.3 Å². The van der Waals surface area contributed by atoms with Crippen LogP contribution >= 0.6 is 0 Å². The summed E-state index contributed by atoms with van der Waals surface area (Å²) in [7, 11) is 0. The minimum Gasteiger partial charge on any atom is -0.379 e. The Morgan fingerprint density at radius 2 is 1.00 bits per heavy atom. The molecule has 6 heteroatoms. The second-order valence-electron chi connectivity index (χ2n) is 4.51. The second-order valence-corrected chi connectivity index (χ2v) is 4.51. The van der Waals surface area contributed by atoms with Crippen molar-refractivity contribution in [3.05, 3.63) is 0 Å². The van der Waals surface area contributed by atoms with E-state index in [9.17, 15) is 4.79 Å². The zero-order chi connectivity index (χ0) is 21.6. The molecule has 0 aliphatic carbocycles. The van der Waals surface area contributed by atoms with Crippen LogP contribution in [0.25, 0.3) is 0 Å². The molecule has 0 aliphatic rings.